The molecule has 0 spiro atoms. The second-order valence-electron chi connectivity index (χ2n) is 4.87. The van der Waals surface area contributed by atoms with Gasteiger partial charge in [0.1, 0.15) is 0 Å². The minimum Gasteiger partial charge on any atom is -0.478 e. The molecule has 1 unspecified atom stereocenters. The molecular formula is C18H16O4. The van der Waals surface area contributed by atoms with Crippen molar-refractivity contribution in [3.8, 4) is 0 Å². The van der Waals surface area contributed by atoms with Gasteiger partial charge in [-0.25, -0.2) is 9.59 Å². The highest BCUT2D eigenvalue weighted by Gasteiger charge is 2.24. The highest BCUT2D eigenvalue weighted by Crippen LogP contribution is 2.29. The van der Waals surface area contributed by atoms with Gasteiger partial charge in [0.05, 0.1) is 5.56 Å². The van der Waals surface area contributed by atoms with Gasteiger partial charge < -0.3 is 9.84 Å². The van der Waals surface area contributed by atoms with Gasteiger partial charge in [0.15, 0.2) is 6.10 Å². The topological polar surface area (TPSA) is 63.6 Å². The number of hydrogen-bond acceptors (Lipinski definition) is 3. The molecule has 0 radical (unpaired) electrons. The molecule has 2 aromatic carbocycles. The van der Waals surface area contributed by atoms with Crippen LogP contribution in [0, 0.1) is 0 Å². The first kappa shape index (κ1) is 15.5. The van der Waals surface area contributed by atoms with E-state index in [1.54, 1.807) is 49.4 Å². The van der Waals surface area contributed by atoms with E-state index in [4.69, 9.17) is 4.74 Å². The van der Waals surface area contributed by atoms with E-state index in [1.807, 2.05) is 6.07 Å². The van der Waals surface area contributed by atoms with E-state index < -0.39 is 18.0 Å². The molecule has 2 rings (SSSR count). The molecule has 1 N–H and O–H groups in total. The summed E-state index contributed by atoms with van der Waals surface area (Å²) in [5.41, 5.74) is 1.49. The molecule has 0 amide bonds. The Morgan fingerprint density at radius 3 is 2.23 bits per heavy atom. The van der Waals surface area contributed by atoms with Gasteiger partial charge in [-0.3, -0.25) is 0 Å². The van der Waals surface area contributed by atoms with E-state index in [1.165, 1.54) is 6.07 Å². The molecule has 0 saturated heterocycles. The lowest BCUT2D eigenvalue weighted by molar-refractivity contribution is -0.142. The maximum absolute atomic E-state index is 11.9. The lowest BCUT2D eigenvalue weighted by Gasteiger charge is -2.20. The van der Waals surface area contributed by atoms with Gasteiger partial charge in [0, 0.05) is 11.1 Å². The average molecular weight is 296 g/mol. The summed E-state index contributed by atoms with van der Waals surface area (Å²) in [6.07, 6.45) is -0.794. The number of carboxylic acids is 1. The van der Waals surface area contributed by atoms with Crippen molar-refractivity contribution in [1.82, 2.24) is 0 Å². The Labute approximate surface area is 128 Å². The molecule has 2 aromatic rings. The third-order valence-electron chi connectivity index (χ3n) is 3.15. The van der Waals surface area contributed by atoms with Crippen LogP contribution in [-0.2, 0) is 9.53 Å². The van der Waals surface area contributed by atoms with E-state index in [0.29, 0.717) is 11.1 Å². The Balaban J connectivity index is 2.52. The predicted octanol–water partition coefficient (Wildman–Crippen LogP) is 3.59. The number of ether oxygens (including phenoxy) is 1. The number of carbonyl (C=O) groups excluding carboxylic acids is 1. The van der Waals surface area contributed by atoms with Gasteiger partial charge in [0.2, 0.25) is 0 Å². The standard InChI is InChI=1S/C18H16O4/c1-12(2)18(21)22-16(13-8-4-3-5-9-13)14-10-6-7-11-15(14)17(19)20/h3-11,16H,1H2,2H3,(H,19,20). The minimum absolute atomic E-state index is 0.103. The van der Waals surface area contributed by atoms with Gasteiger partial charge in [-0.05, 0) is 18.6 Å². The number of rotatable bonds is 5. The van der Waals surface area contributed by atoms with Gasteiger partial charge in [0.25, 0.3) is 0 Å². The minimum atomic E-state index is -1.07. The Hall–Kier alpha value is -2.88. The highest BCUT2D eigenvalue weighted by molar-refractivity contribution is 5.90. The van der Waals surface area contributed by atoms with Crippen LogP contribution in [0.4, 0.5) is 0 Å². The van der Waals surface area contributed by atoms with Gasteiger partial charge in [-0.15, -0.1) is 0 Å². The molecule has 0 fully saturated rings. The van der Waals surface area contributed by atoms with E-state index in [-0.39, 0.29) is 11.1 Å². The first-order valence-electron chi connectivity index (χ1n) is 6.74. The first-order chi connectivity index (χ1) is 10.5. The zero-order valence-corrected chi connectivity index (χ0v) is 12.2. The van der Waals surface area contributed by atoms with Crippen molar-refractivity contribution < 1.29 is 19.4 Å². The molecule has 0 aromatic heterocycles. The quantitative estimate of drug-likeness (QED) is 0.676. The van der Waals surface area contributed by atoms with Crippen LogP contribution in [0.5, 0.6) is 0 Å². The number of hydrogen-bond donors (Lipinski definition) is 1. The fraction of sp³-hybridized carbons (Fsp3) is 0.111. The highest BCUT2D eigenvalue weighted by atomic mass is 16.5. The number of esters is 1. The number of carboxylic acid groups (broad SMARTS) is 1. The maximum Gasteiger partial charge on any atom is 0.336 e. The predicted molar refractivity (Wildman–Crippen MR) is 82.6 cm³/mol. The van der Waals surface area contributed by atoms with Gasteiger partial charge in [-0.1, -0.05) is 55.1 Å². The second kappa shape index (κ2) is 6.72. The molecule has 22 heavy (non-hydrogen) atoms. The molecule has 4 nitrogen and oxygen atoms in total. The van der Waals surface area contributed by atoms with E-state index in [9.17, 15) is 14.7 Å². The van der Waals surface area contributed by atoms with E-state index in [0.717, 1.165) is 0 Å². The van der Waals surface area contributed by atoms with Crippen LogP contribution in [0.2, 0.25) is 0 Å². The Morgan fingerprint density at radius 1 is 1.05 bits per heavy atom. The normalized spacial score (nSPS) is 11.5. The summed E-state index contributed by atoms with van der Waals surface area (Å²) in [6, 6.07) is 15.5. The number of aromatic carboxylic acids is 1. The molecule has 0 aliphatic rings. The summed E-state index contributed by atoms with van der Waals surface area (Å²) in [4.78, 5) is 23.3. The monoisotopic (exact) mass is 296 g/mol. The van der Waals surface area contributed by atoms with Crippen LogP contribution >= 0.6 is 0 Å². The zero-order chi connectivity index (χ0) is 16.1. The van der Waals surface area contributed by atoms with Crippen LogP contribution < -0.4 is 0 Å². The van der Waals surface area contributed by atoms with Crippen LogP contribution in [0.1, 0.15) is 34.5 Å². The SMILES string of the molecule is C=C(C)C(=O)OC(c1ccccc1)c1ccccc1C(=O)O. The second-order valence-corrected chi connectivity index (χ2v) is 4.87. The van der Waals surface area contributed by atoms with E-state index in [2.05, 4.69) is 6.58 Å². The van der Waals surface area contributed by atoms with Crippen molar-refractivity contribution in [2.24, 2.45) is 0 Å². The number of carbonyl (C=O) groups is 2. The maximum atomic E-state index is 11.9. The van der Waals surface area contributed by atoms with Crippen LogP contribution in [0.25, 0.3) is 0 Å². The Kier molecular flexibility index (Phi) is 4.73. The molecule has 0 aliphatic heterocycles. The lowest BCUT2D eigenvalue weighted by Crippen LogP contribution is -2.16. The molecule has 1 atom stereocenters. The van der Waals surface area contributed by atoms with Crippen LogP contribution in [-0.4, -0.2) is 17.0 Å². The van der Waals surface area contributed by atoms with Gasteiger partial charge >= 0.3 is 11.9 Å². The van der Waals surface area contributed by atoms with E-state index >= 15 is 0 Å². The summed E-state index contributed by atoms with van der Waals surface area (Å²) in [6.45, 7) is 5.11. The molecule has 0 bridgehead atoms. The fourth-order valence-electron chi connectivity index (χ4n) is 2.07. The molecule has 112 valence electrons. The molecular weight excluding hydrogens is 280 g/mol. The van der Waals surface area contributed by atoms with Crippen molar-refractivity contribution in [2.45, 2.75) is 13.0 Å². The third kappa shape index (κ3) is 3.41. The molecule has 0 heterocycles. The van der Waals surface area contributed by atoms with Crippen LogP contribution in [0.15, 0.2) is 66.7 Å². The van der Waals surface area contributed by atoms with Crippen molar-refractivity contribution >= 4 is 11.9 Å². The summed E-state index contributed by atoms with van der Waals surface area (Å²) in [7, 11) is 0. The average Bonchev–Trinajstić information content (AvgIpc) is 2.53. The first-order valence-corrected chi connectivity index (χ1v) is 6.74. The summed E-state index contributed by atoms with van der Waals surface area (Å²) < 4.78 is 5.47. The Bertz CT molecular complexity index is 704. The lowest BCUT2D eigenvalue weighted by atomic mass is 9.96. The summed E-state index contributed by atoms with van der Waals surface area (Å²) in [5.74, 6) is -1.63. The summed E-state index contributed by atoms with van der Waals surface area (Å²) in [5, 5.41) is 9.35. The van der Waals surface area contributed by atoms with Crippen molar-refractivity contribution in [1.29, 1.82) is 0 Å². The molecule has 0 aliphatic carbocycles. The van der Waals surface area contributed by atoms with Crippen molar-refractivity contribution in [3.05, 3.63) is 83.4 Å². The largest absolute Gasteiger partial charge is 0.478 e. The molecule has 4 heteroatoms. The smallest absolute Gasteiger partial charge is 0.336 e. The molecule has 0 saturated carbocycles. The zero-order valence-electron chi connectivity index (χ0n) is 12.2. The van der Waals surface area contributed by atoms with Gasteiger partial charge in [-0.2, -0.15) is 0 Å². The van der Waals surface area contributed by atoms with Crippen molar-refractivity contribution in [3.63, 3.8) is 0 Å². The summed E-state index contributed by atoms with van der Waals surface area (Å²) >= 11 is 0. The van der Waals surface area contributed by atoms with Crippen LogP contribution in [0.3, 0.4) is 0 Å². The number of benzene rings is 2. The van der Waals surface area contributed by atoms with Crippen molar-refractivity contribution in [2.75, 3.05) is 0 Å². The third-order valence-corrected chi connectivity index (χ3v) is 3.15. The Morgan fingerprint density at radius 2 is 1.64 bits per heavy atom. The fourth-order valence-corrected chi connectivity index (χ4v) is 2.07.